The van der Waals surface area contributed by atoms with Crippen LogP contribution in [0.1, 0.15) is 18.4 Å². The molecule has 0 aromatic heterocycles. The van der Waals surface area contributed by atoms with Crippen LogP contribution in [0.25, 0.3) is 0 Å². The maximum Gasteiger partial charge on any atom is 0.263 e. The molecule has 2 fully saturated rings. The van der Waals surface area contributed by atoms with Crippen molar-refractivity contribution in [1.29, 1.82) is 0 Å². The van der Waals surface area contributed by atoms with E-state index >= 15 is 0 Å². The van der Waals surface area contributed by atoms with Crippen molar-refractivity contribution in [2.45, 2.75) is 23.8 Å². The van der Waals surface area contributed by atoms with Crippen LogP contribution >= 0.6 is 0 Å². The molecule has 3 atom stereocenters. The van der Waals surface area contributed by atoms with Gasteiger partial charge in [0, 0.05) is 24.7 Å². The van der Waals surface area contributed by atoms with Gasteiger partial charge >= 0.3 is 0 Å². The Bertz CT molecular complexity index is 820. The molecule has 3 N–H and O–H groups in total. The van der Waals surface area contributed by atoms with E-state index in [0.29, 0.717) is 23.9 Å². The summed E-state index contributed by atoms with van der Waals surface area (Å²) in [5.74, 6) is 1.07. The first kappa shape index (κ1) is 15.6. The third-order valence-electron chi connectivity index (χ3n) is 5.30. The van der Waals surface area contributed by atoms with Crippen LogP contribution in [-0.4, -0.2) is 50.7 Å². The molecule has 1 aliphatic carbocycles. The zero-order chi connectivity index (χ0) is 16.9. The zero-order valence-corrected chi connectivity index (χ0v) is 14.0. The van der Waals surface area contributed by atoms with Gasteiger partial charge in [-0.1, -0.05) is 12.1 Å². The molecule has 4 rings (SSSR count). The van der Waals surface area contributed by atoms with Crippen LogP contribution < -0.4 is 10.5 Å². The predicted molar refractivity (Wildman–Crippen MR) is 88.9 cm³/mol. The molecule has 7 nitrogen and oxygen atoms in total. The van der Waals surface area contributed by atoms with Crippen molar-refractivity contribution in [3.63, 3.8) is 0 Å². The summed E-state index contributed by atoms with van der Waals surface area (Å²) in [5, 5.41) is 0. The van der Waals surface area contributed by atoms with Gasteiger partial charge in [-0.2, -0.15) is 0 Å². The molecule has 3 unspecified atom stereocenters. The quantitative estimate of drug-likeness (QED) is 0.780. The maximum absolute atomic E-state index is 12.4. The van der Waals surface area contributed by atoms with Gasteiger partial charge in [0.2, 0.25) is 5.91 Å². The van der Waals surface area contributed by atoms with E-state index in [2.05, 4.69) is 9.71 Å². The lowest BCUT2D eigenvalue weighted by molar-refractivity contribution is -0.128. The summed E-state index contributed by atoms with van der Waals surface area (Å²) in [6.07, 6.45) is 2.12. The van der Waals surface area contributed by atoms with E-state index in [1.165, 1.54) is 6.07 Å². The fraction of sp³-hybridized carbons (Fsp3) is 0.500. The largest absolute Gasteiger partial charge is 0.340 e. The predicted octanol–water partition coefficient (Wildman–Crippen LogP) is -0.0792. The van der Waals surface area contributed by atoms with Gasteiger partial charge < -0.3 is 10.6 Å². The van der Waals surface area contributed by atoms with Crippen LogP contribution in [-0.2, 0) is 14.8 Å². The number of rotatable bonds is 2. The molecule has 1 saturated carbocycles. The minimum atomic E-state index is -3.56. The molecule has 1 aromatic carbocycles. The van der Waals surface area contributed by atoms with E-state index in [1.807, 2.05) is 4.90 Å². The van der Waals surface area contributed by atoms with E-state index in [4.69, 9.17) is 5.73 Å². The van der Waals surface area contributed by atoms with Gasteiger partial charge in [0.15, 0.2) is 0 Å². The van der Waals surface area contributed by atoms with E-state index < -0.39 is 10.0 Å². The lowest BCUT2D eigenvalue weighted by Crippen LogP contribution is -2.35. The number of aliphatic imine (C=N–C) groups is 1. The number of nitrogens with one attached hydrogen (secondary N) is 1. The van der Waals surface area contributed by atoms with Gasteiger partial charge in [-0.25, -0.2) is 8.42 Å². The Balaban J connectivity index is 1.48. The molecule has 2 heterocycles. The molecule has 0 radical (unpaired) electrons. The SMILES string of the molecule is NC1CCC2CN(C(=O)CN=C3NS(=O)(=O)c4ccccc43)CC12. The summed E-state index contributed by atoms with van der Waals surface area (Å²) in [6.45, 7) is 1.38. The second kappa shape index (κ2) is 5.56. The van der Waals surface area contributed by atoms with Crippen molar-refractivity contribution in [2.75, 3.05) is 19.6 Å². The molecule has 2 aliphatic heterocycles. The number of amides is 1. The minimum Gasteiger partial charge on any atom is -0.340 e. The number of fused-ring (bicyclic) bond motifs is 2. The number of benzene rings is 1. The Kier molecular flexibility index (Phi) is 3.61. The summed E-state index contributed by atoms with van der Waals surface area (Å²) < 4.78 is 26.5. The normalized spacial score (nSPS) is 31.8. The van der Waals surface area contributed by atoms with Gasteiger partial charge in [0.1, 0.15) is 12.4 Å². The Hall–Kier alpha value is -1.93. The van der Waals surface area contributed by atoms with Gasteiger partial charge in [-0.3, -0.25) is 14.5 Å². The molecule has 3 aliphatic rings. The zero-order valence-electron chi connectivity index (χ0n) is 13.2. The van der Waals surface area contributed by atoms with Crippen molar-refractivity contribution in [2.24, 2.45) is 22.6 Å². The second-order valence-corrected chi connectivity index (χ2v) is 8.38. The van der Waals surface area contributed by atoms with Crippen LogP contribution in [0.2, 0.25) is 0 Å². The van der Waals surface area contributed by atoms with E-state index in [-0.39, 0.29) is 29.2 Å². The summed E-state index contributed by atoms with van der Waals surface area (Å²) in [5.41, 5.74) is 6.62. The number of carbonyl (C=O) groups excluding carboxylic acids is 1. The first-order valence-electron chi connectivity index (χ1n) is 8.16. The molecule has 1 aromatic rings. The Labute approximate surface area is 141 Å². The lowest BCUT2D eigenvalue weighted by Gasteiger charge is -2.17. The number of sulfonamides is 1. The van der Waals surface area contributed by atoms with Gasteiger partial charge in [0.05, 0.1) is 4.90 Å². The van der Waals surface area contributed by atoms with Crippen LogP contribution in [0, 0.1) is 11.8 Å². The van der Waals surface area contributed by atoms with Crippen molar-refractivity contribution in [3.05, 3.63) is 29.8 Å². The molecular formula is C16H20N4O3S. The van der Waals surface area contributed by atoms with Crippen molar-refractivity contribution >= 4 is 21.8 Å². The maximum atomic E-state index is 12.4. The topological polar surface area (TPSA) is 105 Å². The van der Waals surface area contributed by atoms with Crippen LogP contribution in [0.3, 0.4) is 0 Å². The van der Waals surface area contributed by atoms with Crippen molar-refractivity contribution < 1.29 is 13.2 Å². The number of amidine groups is 1. The molecule has 24 heavy (non-hydrogen) atoms. The Morgan fingerprint density at radius 1 is 1.29 bits per heavy atom. The highest BCUT2D eigenvalue weighted by Crippen LogP contribution is 2.37. The van der Waals surface area contributed by atoms with Crippen molar-refractivity contribution in [1.82, 2.24) is 9.62 Å². The molecule has 1 saturated heterocycles. The highest BCUT2D eigenvalue weighted by Gasteiger charge is 2.42. The molecule has 8 heteroatoms. The fourth-order valence-corrected chi connectivity index (χ4v) is 5.26. The highest BCUT2D eigenvalue weighted by atomic mass is 32.2. The smallest absolute Gasteiger partial charge is 0.263 e. The molecular weight excluding hydrogens is 328 g/mol. The van der Waals surface area contributed by atoms with Gasteiger partial charge in [0.25, 0.3) is 10.0 Å². The molecule has 0 spiro atoms. The van der Waals surface area contributed by atoms with Crippen LogP contribution in [0.5, 0.6) is 0 Å². The third-order valence-corrected chi connectivity index (χ3v) is 6.70. The van der Waals surface area contributed by atoms with Crippen molar-refractivity contribution in [3.8, 4) is 0 Å². The monoisotopic (exact) mass is 348 g/mol. The van der Waals surface area contributed by atoms with Gasteiger partial charge in [-0.15, -0.1) is 0 Å². The minimum absolute atomic E-state index is 0.0547. The van der Waals surface area contributed by atoms with Crippen LogP contribution in [0.4, 0.5) is 0 Å². The molecule has 1 amide bonds. The standard InChI is InChI=1S/C16H20N4O3S/c17-13-6-5-10-8-20(9-12(10)13)15(21)7-18-16-11-3-1-2-4-14(11)24(22,23)19-16/h1-4,10,12-13H,5-9,17H2,(H,18,19). The first-order chi connectivity index (χ1) is 11.5. The molecule has 128 valence electrons. The number of nitrogens with two attached hydrogens (primary N) is 1. The Morgan fingerprint density at radius 2 is 2.08 bits per heavy atom. The van der Waals surface area contributed by atoms with E-state index in [1.54, 1.807) is 18.2 Å². The van der Waals surface area contributed by atoms with E-state index in [0.717, 1.165) is 19.4 Å². The van der Waals surface area contributed by atoms with Crippen LogP contribution in [0.15, 0.2) is 34.2 Å². The number of hydrogen-bond donors (Lipinski definition) is 2. The molecule has 0 bridgehead atoms. The summed E-state index contributed by atoms with van der Waals surface area (Å²) in [7, 11) is -3.56. The second-order valence-electron chi connectivity index (χ2n) is 6.73. The first-order valence-corrected chi connectivity index (χ1v) is 9.64. The summed E-state index contributed by atoms with van der Waals surface area (Å²) >= 11 is 0. The average Bonchev–Trinajstić information content (AvgIpc) is 3.20. The number of nitrogens with zero attached hydrogens (tertiary/aromatic N) is 2. The fourth-order valence-electron chi connectivity index (χ4n) is 4.01. The third kappa shape index (κ3) is 2.50. The number of carbonyl (C=O) groups is 1. The lowest BCUT2D eigenvalue weighted by atomic mass is 9.98. The summed E-state index contributed by atoms with van der Waals surface area (Å²) in [6, 6.07) is 6.83. The number of hydrogen-bond acceptors (Lipinski definition) is 5. The summed E-state index contributed by atoms with van der Waals surface area (Å²) in [4.78, 5) is 18.7. The Morgan fingerprint density at radius 3 is 2.88 bits per heavy atom. The average molecular weight is 348 g/mol. The van der Waals surface area contributed by atoms with E-state index in [9.17, 15) is 13.2 Å². The van der Waals surface area contributed by atoms with Gasteiger partial charge in [-0.05, 0) is 36.8 Å². The highest BCUT2D eigenvalue weighted by molar-refractivity contribution is 7.90. The number of likely N-dealkylation sites (tertiary alicyclic amines) is 1.